The molecular formula is C21H21N7O7S2. The predicted molar refractivity (Wildman–Crippen MR) is 133 cm³/mol. The summed E-state index contributed by atoms with van der Waals surface area (Å²) in [5.74, 6) is -2.49. The van der Waals surface area contributed by atoms with E-state index in [2.05, 4.69) is 20.6 Å². The number of nitrogens with one attached hydrogen (secondary N) is 1. The number of allylic oxidation sites excluding steroid dienone is 1. The van der Waals surface area contributed by atoms with Crippen molar-refractivity contribution in [1.29, 1.82) is 0 Å². The van der Waals surface area contributed by atoms with E-state index < -0.39 is 29.2 Å². The van der Waals surface area contributed by atoms with Gasteiger partial charge in [0.2, 0.25) is 0 Å². The molecule has 37 heavy (non-hydrogen) atoms. The van der Waals surface area contributed by atoms with Gasteiger partial charge in [-0.1, -0.05) is 16.4 Å². The number of nitrogens with zero attached hydrogens (tertiary/aromatic N) is 5. The number of carboxylic acid groups (broad SMARTS) is 1. The Hall–Kier alpha value is -4.18. The molecule has 4 N–H and O–H groups in total. The highest BCUT2D eigenvalue weighted by Gasteiger charge is 2.54. The Bertz CT molecular complexity index is 1360. The summed E-state index contributed by atoms with van der Waals surface area (Å²) in [7, 11) is 4.41. The molecule has 4 rings (SSSR count). The van der Waals surface area contributed by atoms with Gasteiger partial charge in [0.1, 0.15) is 29.9 Å². The highest BCUT2D eigenvalue weighted by Crippen LogP contribution is 2.40. The van der Waals surface area contributed by atoms with Gasteiger partial charge in [-0.3, -0.25) is 19.3 Å². The Morgan fingerprint density at radius 2 is 2.11 bits per heavy atom. The monoisotopic (exact) mass is 547 g/mol. The lowest BCUT2D eigenvalue weighted by molar-refractivity contribution is -0.150. The van der Waals surface area contributed by atoms with Crippen LogP contribution >= 0.6 is 23.1 Å². The second kappa shape index (κ2) is 10.4. The molecule has 2 atom stereocenters. The molecule has 2 aliphatic rings. The van der Waals surface area contributed by atoms with E-state index in [-0.39, 0.29) is 45.3 Å². The summed E-state index contributed by atoms with van der Waals surface area (Å²) in [5.41, 5.74) is 5.89. The van der Waals surface area contributed by atoms with Gasteiger partial charge in [-0.25, -0.2) is 9.78 Å². The van der Waals surface area contributed by atoms with Crippen LogP contribution in [0.2, 0.25) is 0 Å². The van der Waals surface area contributed by atoms with Gasteiger partial charge in [-0.05, 0) is 11.6 Å². The SMILES string of the molecule is CO/N=C(\C(=O)NC1C(=O)N2C(C(=O)O)=C(/C=C/c3cc(C(=O)N(C)C)no3)CSC12)c1csc(N)n1. The number of thioether (sulfide) groups is 1. The minimum Gasteiger partial charge on any atom is -0.477 e. The highest BCUT2D eigenvalue weighted by atomic mass is 32.2. The number of hydrogen-bond donors (Lipinski definition) is 3. The van der Waals surface area contributed by atoms with Crippen molar-refractivity contribution in [3.05, 3.63) is 45.9 Å². The quantitative estimate of drug-likeness (QED) is 0.232. The lowest BCUT2D eigenvalue weighted by Crippen LogP contribution is -2.71. The molecule has 0 radical (unpaired) electrons. The van der Waals surface area contributed by atoms with Crippen LogP contribution in [0.3, 0.4) is 0 Å². The fourth-order valence-corrected chi connectivity index (χ4v) is 5.42. The number of rotatable bonds is 8. The second-order valence-corrected chi connectivity index (χ2v) is 9.88. The van der Waals surface area contributed by atoms with Crippen LogP contribution in [0.15, 0.2) is 38.5 Å². The smallest absolute Gasteiger partial charge is 0.352 e. The lowest BCUT2D eigenvalue weighted by Gasteiger charge is -2.49. The predicted octanol–water partition coefficient (Wildman–Crippen LogP) is 0.218. The van der Waals surface area contributed by atoms with Crippen molar-refractivity contribution in [3.8, 4) is 0 Å². The third-order valence-corrected chi connectivity index (χ3v) is 7.23. The summed E-state index contributed by atoms with van der Waals surface area (Å²) < 4.78 is 5.12. The molecule has 2 unspecified atom stereocenters. The third kappa shape index (κ3) is 5.05. The molecule has 3 amide bonds. The molecule has 1 fully saturated rings. The number of carboxylic acids is 1. The Balaban J connectivity index is 1.51. The van der Waals surface area contributed by atoms with Crippen molar-refractivity contribution in [2.24, 2.45) is 5.16 Å². The molecule has 0 spiro atoms. The van der Waals surface area contributed by atoms with Crippen molar-refractivity contribution in [2.75, 3.05) is 32.7 Å². The minimum atomic E-state index is -1.30. The first-order valence-corrected chi connectivity index (χ1v) is 12.5. The zero-order valence-electron chi connectivity index (χ0n) is 19.7. The zero-order valence-corrected chi connectivity index (χ0v) is 21.3. The van der Waals surface area contributed by atoms with Crippen LogP contribution in [0.4, 0.5) is 5.13 Å². The van der Waals surface area contributed by atoms with E-state index in [9.17, 15) is 24.3 Å². The van der Waals surface area contributed by atoms with E-state index in [1.165, 1.54) is 47.4 Å². The van der Waals surface area contributed by atoms with Crippen molar-refractivity contribution in [3.63, 3.8) is 0 Å². The fraction of sp³-hybridized carbons (Fsp3) is 0.286. The van der Waals surface area contributed by atoms with E-state index >= 15 is 0 Å². The van der Waals surface area contributed by atoms with Crippen molar-refractivity contribution < 1.29 is 33.6 Å². The van der Waals surface area contributed by atoms with Crippen LogP contribution in [-0.4, -0.2) is 92.8 Å². The van der Waals surface area contributed by atoms with E-state index in [1.807, 2.05) is 0 Å². The molecule has 2 aromatic rings. The average molecular weight is 548 g/mol. The normalized spacial score (nSPS) is 19.5. The van der Waals surface area contributed by atoms with Gasteiger partial charge in [-0.15, -0.1) is 23.1 Å². The number of aliphatic carboxylic acids is 1. The standard InChI is InChI=1S/C21H21N7O7S2/c1-27(2)17(30)11-6-10(35-25-11)5-4-9-7-36-19-14(18(31)28(19)15(9)20(32)33)24-16(29)13(26-34-3)12-8-37-21(22)23-12/h4-6,8,14,19H,7H2,1-3H3,(H2,22,23)(H,24,29)(H,32,33)/b5-4+,26-13-. The van der Waals surface area contributed by atoms with E-state index in [0.29, 0.717) is 5.57 Å². The molecule has 0 bridgehead atoms. The summed E-state index contributed by atoms with van der Waals surface area (Å²) >= 11 is 2.38. The van der Waals surface area contributed by atoms with E-state index in [0.717, 1.165) is 16.2 Å². The van der Waals surface area contributed by atoms with Crippen LogP contribution in [-0.2, 0) is 19.2 Å². The van der Waals surface area contributed by atoms with Gasteiger partial charge >= 0.3 is 5.97 Å². The maximum absolute atomic E-state index is 12.9. The zero-order chi connectivity index (χ0) is 26.9. The van der Waals surface area contributed by atoms with Crippen molar-refractivity contribution >= 4 is 63.7 Å². The number of aromatic nitrogens is 2. The highest BCUT2D eigenvalue weighted by molar-refractivity contribution is 8.00. The fourth-order valence-electron chi connectivity index (χ4n) is 3.55. The van der Waals surface area contributed by atoms with Crippen LogP contribution < -0.4 is 11.1 Å². The Kier molecular flexibility index (Phi) is 7.30. The van der Waals surface area contributed by atoms with Gasteiger partial charge in [0.15, 0.2) is 22.3 Å². The van der Waals surface area contributed by atoms with E-state index in [4.69, 9.17) is 15.1 Å². The number of nitrogen functional groups attached to an aromatic ring is 1. The minimum absolute atomic E-state index is 0.100. The Labute approximate surface area is 217 Å². The van der Waals surface area contributed by atoms with Crippen LogP contribution in [0, 0.1) is 0 Å². The number of thiazole rings is 1. The van der Waals surface area contributed by atoms with Gasteiger partial charge in [0, 0.05) is 31.3 Å². The largest absolute Gasteiger partial charge is 0.477 e. The summed E-state index contributed by atoms with van der Waals surface area (Å²) in [4.78, 5) is 61.0. The summed E-state index contributed by atoms with van der Waals surface area (Å²) in [6, 6.07) is 0.443. The molecule has 0 saturated carbocycles. The molecule has 14 nitrogen and oxygen atoms in total. The molecule has 2 aliphatic heterocycles. The van der Waals surface area contributed by atoms with Crippen LogP contribution in [0.1, 0.15) is 21.9 Å². The number of carbonyl (C=O) groups excluding carboxylic acids is 3. The lowest BCUT2D eigenvalue weighted by atomic mass is 10.0. The topological polar surface area (TPSA) is 194 Å². The number of β-lactam (4-membered cyclic amide) rings is 1. The van der Waals surface area contributed by atoms with Gasteiger partial charge in [0.25, 0.3) is 17.7 Å². The number of hydrogen-bond acceptors (Lipinski definition) is 12. The number of carbonyl (C=O) groups is 4. The van der Waals surface area contributed by atoms with E-state index in [1.54, 1.807) is 14.1 Å². The van der Waals surface area contributed by atoms with Crippen LogP contribution in [0.25, 0.3) is 6.08 Å². The maximum atomic E-state index is 12.9. The van der Waals surface area contributed by atoms with Gasteiger partial charge in [0.05, 0.1) is 0 Å². The van der Waals surface area contributed by atoms with Crippen LogP contribution in [0.5, 0.6) is 0 Å². The average Bonchev–Trinajstić information content (AvgIpc) is 3.52. The Morgan fingerprint density at radius 1 is 1.35 bits per heavy atom. The van der Waals surface area contributed by atoms with Crippen molar-refractivity contribution in [2.45, 2.75) is 11.4 Å². The van der Waals surface area contributed by atoms with Gasteiger partial charge in [-0.2, -0.15) is 0 Å². The molecule has 16 heteroatoms. The Morgan fingerprint density at radius 3 is 2.73 bits per heavy atom. The first-order chi connectivity index (χ1) is 17.6. The molecule has 4 heterocycles. The first kappa shape index (κ1) is 25.9. The number of nitrogens with two attached hydrogens (primary N) is 1. The molecule has 1 saturated heterocycles. The number of amides is 3. The van der Waals surface area contributed by atoms with Crippen molar-refractivity contribution in [1.82, 2.24) is 25.3 Å². The summed E-state index contributed by atoms with van der Waals surface area (Å²) in [5, 5.41) is 20.9. The molecule has 2 aromatic heterocycles. The number of anilines is 1. The first-order valence-electron chi connectivity index (χ1n) is 10.5. The number of fused-ring (bicyclic) bond motifs is 1. The molecule has 0 aliphatic carbocycles. The molecular weight excluding hydrogens is 526 g/mol. The van der Waals surface area contributed by atoms with Gasteiger partial charge < -0.3 is 30.4 Å². The molecule has 0 aromatic carbocycles. The second-order valence-electron chi connectivity index (χ2n) is 7.88. The molecule has 194 valence electrons. The maximum Gasteiger partial charge on any atom is 0.352 e. The third-order valence-electron chi connectivity index (χ3n) is 5.25. The number of oxime groups is 1. The summed E-state index contributed by atoms with van der Waals surface area (Å²) in [6.45, 7) is 0. The summed E-state index contributed by atoms with van der Waals surface area (Å²) in [6.07, 6.45) is 2.96.